The fourth-order valence-corrected chi connectivity index (χ4v) is 6.81. The van der Waals surface area contributed by atoms with E-state index < -0.39 is 12.0 Å². The maximum absolute atomic E-state index is 12.3. The normalized spacial score (nSPS) is 27.3. The molecule has 3 atom stereocenters. The minimum atomic E-state index is -0.736. The number of aliphatic hydroxyl groups is 1. The van der Waals surface area contributed by atoms with Gasteiger partial charge in [0.05, 0.1) is 12.2 Å². The Labute approximate surface area is 231 Å². The highest BCUT2D eigenvalue weighted by molar-refractivity contribution is 6.35. The summed E-state index contributed by atoms with van der Waals surface area (Å²) in [6.07, 6.45) is 5.28. The van der Waals surface area contributed by atoms with Gasteiger partial charge in [-0.25, -0.2) is 4.98 Å². The third kappa shape index (κ3) is 5.50. The lowest BCUT2D eigenvalue weighted by molar-refractivity contribution is -0.153. The van der Waals surface area contributed by atoms with Crippen molar-refractivity contribution >= 4 is 52.5 Å². The third-order valence-corrected chi connectivity index (χ3v) is 9.06. The quantitative estimate of drug-likeness (QED) is 0.410. The molecule has 1 aromatic heterocycles. The molecule has 11 heteroatoms. The van der Waals surface area contributed by atoms with Gasteiger partial charge in [0.1, 0.15) is 11.1 Å². The first-order valence-electron chi connectivity index (χ1n) is 12.8. The van der Waals surface area contributed by atoms with Crippen LogP contribution in [-0.2, 0) is 4.79 Å². The summed E-state index contributed by atoms with van der Waals surface area (Å²) < 4.78 is 0. The third-order valence-electron chi connectivity index (χ3n) is 8.22. The summed E-state index contributed by atoms with van der Waals surface area (Å²) in [5.74, 6) is 1.01. The highest BCUT2D eigenvalue weighted by Gasteiger charge is 2.49. The van der Waals surface area contributed by atoms with E-state index in [1.165, 1.54) is 0 Å². The smallest absolute Gasteiger partial charge is 0.321 e. The number of aliphatic carboxylic acids is 1. The summed E-state index contributed by atoms with van der Waals surface area (Å²) in [6, 6.07) is 5.01. The number of aromatic nitrogens is 2. The summed E-state index contributed by atoms with van der Waals surface area (Å²) in [4.78, 5) is 25.7. The molecule has 5 rings (SSSR count). The average Bonchev–Trinajstić information content (AvgIpc) is 2.79. The molecule has 2 unspecified atom stereocenters. The Bertz CT molecular complexity index is 1140. The van der Waals surface area contributed by atoms with Crippen LogP contribution < -0.4 is 10.2 Å². The maximum Gasteiger partial charge on any atom is 0.321 e. The van der Waals surface area contributed by atoms with Crippen molar-refractivity contribution in [2.24, 2.45) is 17.8 Å². The van der Waals surface area contributed by atoms with Crippen LogP contribution in [0.3, 0.4) is 0 Å². The minimum Gasteiger partial charge on any atom is -0.480 e. The first-order chi connectivity index (χ1) is 17.7. The van der Waals surface area contributed by atoms with E-state index in [4.69, 9.17) is 34.8 Å². The number of piperidine rings is 1. The van der Waals surface area contributed by atoms with E-state index in [-0.39, 0.29) is 30.5 Å². The lowest BCUT2D eigenvalue weighted by Crippen LogP contribution is -2.63. The van der Waals surface area contributed by atoms with Crippen molar-refractivity contribution in [3.8, 4) is 0 Å². The van der Waals surface area contributed by atoms with Gasteiger partial charge in [-0.2, -0.15) is 4.98 Å². The van der Waals surface area contributed by atoms with Crippen molar-refractivity contribution in [1.29, 1.82) is 0 Å². The van der Waals surface area contributed by atoms with Crippen molar-refractivity contribution in [3.63, 3.8) is 0 Å². The molecule has 1 aliphatic carbocycles. The highest BCUT2D eigenvalue weighted by Crippen LogP contribution is 2.42. The second kappa shape index (κ2) is 11.1. The van der Waals surface area contributed by atoms with Crippen molar-refractivity contribution in [2.75, 3.05) is 36.5 Å². The Morgan fingerprint density at radius 1 is 1.22 bits per heavy atom. The molecule has 2 aromatic rings. The van der Waals surface area contributed by atoms with Crippen molar-refractivity contribution in [3.05, 3.63) is 45.0 Å². The molecular weight excluding hydrogens is 537 g/mol. The van der Waals surface area contributed by atoms with Gasteiger partial charge in [-0.05, 0) is 74.6 Å². The van der Waals surface area contributed by atoms with Crippen LogP contribution in [0.1, 0.15) is 44.2 Å². The number of nitrogens with one attached hydrogen (secondary N) is 1. The van der Waals surface area contributed by atoms with Gasteiger partial charge in [-0.1, -0.05) is 40.9 Å². The number of halogens is 3. The molecule has 0 spiro atoms. The van der Waals surface area contributed by atoms with Crippen molar-refractivity contribution in [2.45, 2.75) is 50.7 Å². The second-order valence-corrected chi connectivity index (χ2v) is 11.8. The number of benzene rings is 1. The molecule has 2 aliphatic heterocycles. The van der Waals surface area contributed by atoms with E-state index in [0.717, 1.165) is 37.8 Å². The Kier molecular flexibility index (Phi) is 8.03. The maximum atomic E-state index is 12.3. The van der Waals surface area contributed by atoms with Gasteiger partial charge in [0.15, 0.2) is 5.82 Å². The summed E-state index contributed by atoms with van der Waals surface area (Å²) in [7, 11) is 0. The summed E-state index contributed by atoms with van der Waals surface area (Å²) in [5.41, 5.74) is 0.879. The topological polar surface area (TPSA) is 102 Å². The van der Waals surface area contributed by atoms with Gasteiger partial charge in [0, 0.05) is 35.8 Å². The summed E-state index contributed by atoms with van der Waals surface area (Å²) in [5, 5.41) is 24.4. The van der Waals surface area contributed by atoms with Crippen LogP contribution in [-0.4, -0.2) is 69.4 Å². The first kappa shape index (κ1) is 26.8. The Hall–Kier alpha value is -1.84. The van der Waals surface area contributed by atoms with Crippen LogP contribution in [0.4, 0.5) is 11.8 Å². The molecule has 0 radical (unpaired) electrons. The van der Waals surface area contributed by atoms with E-state index in [1.807, 2.05) is 13.0 Å². The fraction of sp³-hybridized carbons (Fsp3) is 0.577. The van der Waals surface area contributed by atoms with Gasteiger partial charge < -0.3 is 20.4 Å². The zero-order valence-corrected chi connectivity index (χ0v) is 22.9. The number of carboxylic acids is 1. The van der Waals surface area contributed by atoms with Gasteiger partial charge in [-0.3, -0.25) is 9.69 Å². The zero-order valence-electron chi connectivity index (χ0n) is 20.7. The van der Waals surface area contributed by atoms with Gasteiger partial charge in [-0.15, -0.1) is 0 Å². The molecule has 3 aliphatic rings. The van der Waals surface area contributed by atoms with Crippen LogP contribution in [0.5, 0.6) is 0 Å². The Morgan fingerprint density at radius 3 is 2.65 bits per heavy atom. The van der Waals surface area contributed by atoms with Gasteiger partial charge >= 0.3 is 5.97 Å². The summed E-state index contributed by atoms with van der Waals surface area (Å²) >= 11 is 18.8. The minimum absolute atomic E-state index is 0.0904. The molecular formula is C26H32Cl3N5O3. The predicted molar refractivity (Wildman–Crippen MR) is 146 cm³/mol. The van der Waals surface area contributed by atoms with Crippen LogP contribution in [0.25, 0.3) is 0 Å². The number of aliphatic hydroxyl groups excluding tert-OH is 1. The zero-order chi connectivity index (χ0) is 26.3. The largest absolute Gasteiger partial charge is 0.480 e. The highest BCUT2D eigenvalue weighted by atomic mass is 35.5. The molecule has 0 bridgehead atoms. The molecule has 3 heterocycles. The molecule has 37 heavy (non-hydrogen) atoms. The van der Waals surface area contributed by atoms with Crippen LogP contribution >= 0.6 is 34.8 Å². The predicted octanol–water partition coefficient (Wildman–Crippen LogP) is 4.98. The molecule has 3 N–H and O–H groups in total. The lowest BCUT2D eigenvalue weighted by Gasteiger charge is -2.53. The van der Waals surface area contributed by atoms with Crippen LogP contribution in [0, 0.1) is 17.8 Å². The van der Waals surface area contributed by atoms with Crippen LogP contribution in [0.15, 0.2) is 24.4 Å². The molecule has 1 saturated carbocycles. The molecule has 1 aromatic carbocycles. The number of rotatable bonds is 8. The van der Waals surface area contributed by atoms with Crippen LogP contribution in [0.2, 0.25) is 15.1 Å². The number of carbonyl (C=O) groups is 1. The van der Waals surface area contributed by atoms with Gasteiger partial charge in [0.25, 0.3) is 0 Å². The van der Waals surface area contributed by atoms with E-state index in [1.54, 1.807) is 18.3 Å². The fourth-order valence-electron chi connectivity index (χ4n) is 6.09. The standard InChI is InChI=1S/C26H32Cl3N5O3/c1-14(19-5-4-17(27)9-21(19)28)31-24-22(29)10-30-26(32-24)33-11-16(12-33)20-3-2-6-34(23(20)25(36)37)18-7-15(8-18)13-35/h4-5,9-10,14-16,18,20,23,35H,2-3,6-8,11-13H2,1H3,(H,36,37)(H,30,31,32)/t14-,15?,18?,20?,23?/m1/s1. The molecule has 3 fully saturated rings. The first-order valence-corrected chi connectivity index (χ1v) is 14.0. The number of hydrogen-bond donors (Lipinski definition) is 3. The number of carboxylic acid groups (broad SMARTS) is 1. The summed E-state index contributed by atoms with van der Waals surface area (Å²) in [6.45, 7) is 4.40. The number of nitrogens with zero attached hydrogens (tertiary/aromatic N) is 4. The number of anilines is 2. The molecule has 0 amide bonds. The second-order valence-electron chi connectivity index (χ2n) is 10.6. The van der Waals surface area contributed by atoms with E-state index in [9.17, 15) is 15.0 Å². The Balaban J connectivity index is 1.24. The molecule has 8 nitrogen and oxygen atoms in total. The van der Waals surface area contributed by atoms with E-state index in [2.05, 4.69) is 25.1 Å². The van der Waals surface area contributed by atoms with Gasteiger partial charge in [0.2, 0.25) is 5.95 Å². The van der Waals surface area contributed by atoms with Crippen molar-refractivity contribution < 1.29 is 15.0 Å². The molecule has 200 valence electrons. The van der Waals surface area contributed by atoms with Crippen molar-refractivity contribution in [1.82, 2.24) is 14.9 Å². The average molecular weight is 569 g/mol. The van der Waals surface area contributed by atoms with E-state index >= 15 is 0 Å². The SMILES string of the molecule is C[C@@H](Nc1nc(N2CC(C3CCCN(C4CC(CO)C4)C3C(=O)O)C2)ncc1Cl)c1ccc(Cl)cc1Cl. The lowest BCUT2D eigenvalue weighted by atomic mass is 9.72. The molecule has 2 saturated heterocycles. The number of hydrogen-bond acceptors (Lipinski definition) is 7. The van der Waals surface area contributed by atoms with E-state index in [0.29, 0.717) is 45.8 Å². The Morgan fingerprint density at radius 2 is 1.97 bits per heavy atom. The monoisotopic (exact) mass is 567 g/mol. The number of likely N-dealkylation sites (tertiary alicyclic amines) is 1.